The number of rotatable bonds is 17. The van der Waals surface area contributed by atoms with Gasteiger partial charge in [0.15, 0.2) is 0 Å². The largest absolute Gasteiger partial charge is 0.529 e. The highest BCUT2D eigenvalue weighted by molar-refractivity contribution is 7.48. The number of methoxy groups -OCH3 is 1. The zero-order valence-electron chi connectivity index (χ0n) is 21.5. The Labute approximate surface area is 209 Å². The molecule has 0 aromatic heterocycles. The van der Waals surface area contributed by atoms with Gasteiger partial charge < -0.3 is 18.7 Å². The van der Waals surface area contributed by atoms with Crippen LogP contribution >= 0.6 is 7.82 Å². The van der Waals surface area contributed by atoms with Gasteiger partial charge in [0.1, 0.15) is 11.4 Å². The summed E-state index contributed by atoms with van der Waals surface area (Å²) < 4.78 is 44.9. The van der Waals surface area contributed by atoms with Gasteiger partial charge in [0.05, 0.1) is 45.7 Å². The monoisotopic (exact) mass is 510 g/mol. The molecule has 8 nitrogen and oxygen atoms in total. The van der Waals surface area contributed by atoms with Crippen LogP contribution in [0.2, 0.25) is 0 Å². The number of carbonyl (C=O) groups excluding carboxylic acids is 1. The van der Waals surface area contributed by atoms with E-state index in [9.17, 15) is 9.36 Å². The number of phosphoric acid groups is 1. The molecule has 0 amide bonds. The van der Waals surface area contributed by atoms with Crippen LogP contribution in [0.4, 0.5) is 0 Å². The van der Waals surface area contributed by atoms with E-state index in [4.69, 9.17) is 23.0 Å². The zero-order chi connectivity index (χ0) is 25.7. The second-order valence-corrected chi connectivity index (χ2v) is 10.1. The summed E-state index contributed by atoms with van der Waals surface area (Å²) in [5, 5.41) is 0. The first kappa shape index (κ1) is 29.3. The van der Waals surface area contributed by atoms with Gasteiger partial charge in [0.2, 0.25) is 0 Å². The van der Waals surface area contributed by atoms with Gasteiger partial charge in [-0.05, 0) is 52.5 Å². The lowest BCUT2D eigenvalue weighted by molar-refractivity contribution is -0.135. The lowest BCUT2D eigenvalue weighted by Gasteiger charge is -2.18. The molecule has 0 spiro atoms. The quantitative estimate of drug-likeness (QED) is 0.0618. The second kappa shape index (κ2) is 14.6. The molecule has 1 saturated heterocycles. The highest BCUT2D eigenvalue weighted by Gasteiger charge is 2.51. The third-order valence-corrected chi connectivity index (χ3v) is 7.11. The number of allylic oxidation sites excluding steroid dienone is 3. The predicted octanol–water partition coefficient (Wildman–Crippen LogP) is 6.12. The zero-order valence-corrected chi connectivity index (χ0v) is 22.4. The molecule has 35 heavy (non-hydrogen) atoms. The minimum absolute atomic E-state index is 0.154. The Kier molecular flexibility index (Phi) is 12.2. The van der Waals surface area contributed by atoms with E-state index in [-0.39, 0.29) is 30.7 Å². The first-order chi connectivity index (χ1) is 16.7. The average molecular weight is 511 g/mol. The van der Waals surface area contributed by atoms with Gasteiger partial charge in [-0.3, -0.25) is 9.05 Å². The fourth-order valence-electron chi connectivity index (χ4n) is 3.53. The number of benzene rings is 1. The van der Waals surface area contributed by atoms with Gasteiger partial charge in [-0.2, -0.15) is 0 Å². The third kappa shape index (κ3) is 10.7. The Hall–Kier alpha value is -1.96. The van der Waals surface area contributed by atoms with E-state index in [1.165, 1.54) is 18.8 Å². The Morgan fingerprint density at radius 3 is 2.46 bits per heavy atom. The first-order valence-corrected chi connectivity index (χ1v) is 13.5. The Bertz CT molecular complexity index is 888. The van der Waals surface area contributed by atoms with E-state index in [2.05, 4.69) is 24.7 Å². The third-order valence-electron chi connectivity index (χ3n) is 5.50. The molecule has 196 valence electrons. The van der Waals surface area contributed by atoms with Crippen LogP contribution in [0, 0.1) is 0 Å². The lowest BCUT2D eigenvalue weighted by atomic mass is 10.0. The standard InChI is InChI=1S/C26H39O8P/c1-6-31-35(28,32-7-2)34-23(18-25(27)29-5)15-11-12-21(3)16-17-24-26(4,33-24)20-30-19-22-13-9-8-10-14-22/h8-10,12-14,18,24H,6-7,11,15-17,19-20H2,1-5H3/b21-12+,23-18-/t24-,26-/m0/s1. The van der Waals surface area contributed by atoms with E-state index in [1.807, 2.05) is 30.3 Å². The maximum atomic E-state index is 12.7. The fraction of sp³-hybridized carbons (Fsp3) is 0.577. The summed E-state index contributed by atoms with van der Waals surface area (Å²) >= 11 is 0. The molecule has 9 heteroatoms. The summed E-state index contributed by atoms with van der Waals surface area (Å²) in [6, 6.07) is 10.1. The normalized spacial score (nSPS) is 20.5. The summed E-state index contributed by atoms with van der Waals surface area (Å²) in [5.74, 6) is -0.403. The molecule has 1 aliphatic rings. The molecule has 0 saturated carbocycles. The number of esters is 1. The minimum atomic E-state index is -3.79. The van der Waals surface area contributed by atoms with Crippen molar-refractivity contribution in [3.05, 3.63) is 59.4 Å². The number of hydrogen-bond acceptors (Lipinski definition) is 8. The maximum absolute atomic E-state index is 12.7. The number of phosphoric ester groups is 1. The summed E-state index contributed by atoms with van der Waals surface area (Å²) in [4.78, 5) is 11.7. The molecule has 1 aromatic rings. The van der Waals surface area contributed by atoms with Crippen LogP contribution in [0.5, 0.6) is 0 Å². The van der Waals surface area contributed by atoms with Crippen LogP contribution in [0.25, 0.3) is 0 Å². The molecule has 0 radical (unpaired) electrons. The van der Waals surface area contributed by atoms with E-state index >= 15 is 0 Å². The predicted molar refractivity (Wildman–Crippen MR) is 134 cm³/mol. The lowest BCUT2D eigenvalue weighted by Crippen LogP contribution is -2.18. The smallest absolute Gasteiger partial charge is 0.466 e. The SMILES string of the molecule is CCOP(=O)(OCC)O/C(=C\C(=O)OC)CC/C=C(\C)CC[C@@H]1O[C@@]1(C)COCc1ccccc1. The molecule has 1 fully saturated rings. The van der Waals surface area contributed by atoms with Gasteiger partial charge in [-0.15, -0.1) is 0 Å². The van der Waals surface area contributed by atoms with E-state index in [0.29, 0.717) is 26.1 Å². The number of hydrogen-bond donors (Lipinski definition) is 0. The van der Waals surface area contributed by atoms with Crippen molar-refractivity contribution >= 4 is 13.8 Å². The maximum Gasteiger partial charge on any atom is 0.529 e. The van der Waals surface area contributed by atoms with Crippen molar-refractivity contribution < 1.29 is 37.1 Å². The highest BCUT2D eigenvalue weighted by atomic mass is 31.2. The minimum Gasteiger partial charge on any atom is -0.466 e. The molecular formula is C26H39O8P. The molecule has 2 rings (SSSR count). The van der Waals surface area contributed by atoms with Crippen LogP contribution in [0.15, 0.2) is 53.8 Å². The molecule has 2 atom stereocenters. The van der Waals surface area contributed by atoms with Crippen molar-refractivity contribution in [2.45, 2.75) is 71.7 Å². The van der Waals surface area contributed by atoms with Gasteiger partial charge in [0, 0.05) is 6.42 Å². The topological polar surface area (TPSA) is 92.8 Å². The van der Waals surface area contributed by atoms with Crippen molar-refractivity contribution in [2.24, 2.45) is 0 Å². The molecule has 0 N–H and O–H groups in total. The van der Waals surface area contributed by atoms with Crippen LogP contribution in [0.1, 0.15) is 58.9 Å². The molecule has 1 aromatic carbocycles. The van der Waals surface area contributed by atoms with E-state index in [1.54, 1.807) is 13.8 Å². The first-order valence-electron chi connectivity index (χ1n) is 12.1. The Morgan fingerprint density at radius 1 is 1.14 bits per heavy atom. The highest BCUT2D eigenvalue weighted by Crippen LogP contribution is 2.51. The van der Waals surface area contributed by atoms with Crippen LogP contribution in [-0.4, -0.2) is 44.6 Å². The summed E-state index contributed by atoms with van der Waals surface area (Å²) in [6.45, 7) is 8.97. The molecule has 1 aliphatic heterocycles. The second-order valence-electron chi connectivity index (χ2n) is 8.53. The van der Waals surface area contributed by atoms with Crippen molar-refractivity contribution in [2.75, 3.05) is 26.9 Å². The Morgan fingerprint density at radius 2 is 1.83 bits per heavy atom. The van der Waals surface area contributed by atoms with Crippen LogP contribution < -0.4 is 0 Å². The van der Waals surface area contributed by atoms with Gasteiger partial charge in [-0.25, -0.2) is 9.36 Å². The van der Waals surface area contributed by atoms with Gasteiger partial charge in [-0.1, -0.05) is 42.0 Å². The number of epoxide rings is 1. The van der Waals surface area contributed by atoms with E-state index in [0.717, 1.165) is 18.4 Å². The van der Waals surface area contributed by atoms with Crippen molar-refractivity contribution in [1.82, 2.24) is 0 Å². The average Bonchev–Trinajstić information content (AvgIpc) is 3.47. The number of carbonyl (C=O) groups is 1. The molecular weight excluding hydrogens is 471 g/mol. The summed E-state index contributed by atoms with van der Waals surface area (Å²) in [5.41, 5.74) is 2.11. The summed E-state index contributed by atoms with van der Waals surface area (Å²) in [7, 11) is -2.52. The summed E-state index contributed by atoms with van der Waals surface area (Å²) in [6.07, 6.45) is 6.14. The van der Waals surface area contributed by atoms with Crippen molar-refractivity contribution in [1.29, 1.82) is 0 Å². The number of ether oxygens (including phenoxy) is 3. The van der Waals surface area contributed by atoms with Gasteiger partial charge in [0.25, 0.3) is 0 Å². The van der Waals surface area contributed by atoms with E-state index < -0.39 is 13.8 Å². The van der Waals surface area contributed by atoms with Crippen molar-refractivity contribution in [3.8, 4) is 0 Å². The fourth-order valence-corrected chi connectivity index (χ4v) is 4.78. The van der Waals surface area contributed by atoms with Gasteiger partial charge >= 0.3 is 13.8 Å². The molecule has 0 bridgehead atoms. The Balaban J connectivity index is 1.79. The molecule has 0 unspecified atom stereocenters. The molecule has 0 aliphatic carbocycles. The van der Waals surface area contributed by atoms with Crippen molar-refractivity contribution in [3.63, 3.8) is 0 Å². The molecule has 1 heterocycles. The van der Waals surface area contributed by atoms with Crippen LogP contribution in [-0.2, 0) is 43.7 Å². The van der Waals surface area contributed by atoms with Crippen LogP contribution in [0.3, 0.4) is 0 Å².